The molecular formula is C67H100N16O25. The van der Waals surface area contributed by atoms with Gasteiger partial charge < -0.3 is 116 Å². The van der Waals surface area contributed by atoms with Gasteiger partial charge in [-0.05, 0) is 63.6 Å². The van der Waals surface area contributed by atoms with Crippen molar-refractivity contribution in [1.29, 1.82) is 0 Å². The molecule has 23 N–H and O–H groups in total. The Bertz CT molecular complexity index is 3550. The number of unbranched alkanes of at least 4 members (excludes halogenated alkanes) is 6. The highest BCUT2D eigenvalue weighted by atomic mass is 16.5. The number of aromatic amines is 1. The molecule has 41 heteroatoms. The Kier molecular flexibility index (Phi) is 39.1. The second kappa shape index (κ2) is 46.5. The first-order valence-electron chi connectivity index (χ1n) is 35.1. The number of aromatic nitrogens is 1. The Labute approximate surface area is 619 Å². The third kappa shape index (κ3) is 32.1. The van der Waals surface area contributed by atoms with E-state index in [9.17, 15) is 117 Å². The summed E-state index contributed by atoms with van der Waals surface area (Å²) in [6.07, 6.45) is -1.20. The van der Waals surface area contributed by atoms with Crippen molar-refractivity contribution in [2.24, 2.45) is 17.4 Å². The van der Waals surface area contributed by atoms with Crippen LogP contribution < -0.4 is 80.6 Å². The number of nitrogens with two attached hydrogens (primary N) is 2. The van der Waals surface area contributed by atoms with Crippen molar-refractivity contribution in [3.63, 3.8) is 0 Å². The van der Waals surface area contributed by atoms with Crippen LogP contribution in [-0.4, -0.2) is 242 Å². The van der Waals surface area contributed by atoms with E-state index < -0.39 is 249 Å². The number of aliphatic hydroxyl groups is 1. The number of carbonyl (C=O) groups excluding carboxylic acids is 15. The Morgan fingerprint density at radius 2 is 1.08 bits per heavy atom. The summed E-state index contributed by atoms with van der Waals surface area (Å²) in [5.41, 5.74) is 12.5. The maximum absolute atomic E-state index is 14.6. The zero-order valence-electron chi connectivity index (χ0n) is 60.5. The van der Waals surface area contributed by atoms with Crippen LogP contribution in [-0.2, 0) is 102 Å². The van der Waals surface area contributed by atoms with Gasteiger partial charge in [0, 0.05) is 36.4 Å². The van der Waals surface area contributed by atoms with Gasteiger partial charge in [-0.1, -0.05) is 83.9 Å². The lowest BCUT2D eigenvalue weighted by atomic mass is 9.98. The van der Waals surface area contributed by atoms with E-state index in [1.54, 1.807) is 30.5 Å². The summed E-state index contributed by atoms with van der Waals surface area (Å²) in [6.45, 7) is 3.28. The lowest BCUT2D eigenvalue weighted by Gasteiger charge is -2.30. The fraction of sp³-hybridized carbons (Fsp3) is 0.597. The van der Waals surface area contributed by atoms with Gasteiger partial charge in [-0.15, -0.1) is 0 Å². The number of aliphatic carboxylic acids is 4. The molecule has 3 rings (SSSR count). The zero-order valence-corrected chi connectivity index (χ0v) is 60.5. The fourth-order valence-corrected chi connectivity index (χ4v) is 10.8. The van der Waals surface area contributed by atoms with E-state index in [0.717, 1.165) is 46.0 Å². The molecule has 41 nitrogen and oxygen atoms in total. The van der Waals surface area contributed by atoms with E-state index in [1.807, 2.05) is 16.0 Å². The second-order valence-corrected chi connectivity index (χ2v) is 25.8. The number of fused-ring (bicyclic) bond motifs is 1. The number of carbonyl (C=O) groups is 19. The highest BCUT2D eigenvalue weighted by Gasteiger charge is 2.40. The molecule has 14 amide bonds. The van der Waals surface area contributed by atoms with Crippen molar-refractivity contribution in [3.8, 4) is 0 Å². The minimum Gasteiger partial charge on any atom is -0.481 e. The molecule has 0 aliphatic carbocycles. The highest BCUT2D eigenvalue weighted by molar-refractivity contribution is 6.02. The van der Waals surface area contributed by atoms with Gasteiger partial charge >= 0.3 is 29.8 Å². The summed E-state index contributed by atoms with van der Waals surface area (Å²) in [5.74, 6) is -26.9. The van der Waals surface area contributed by atoms with Gasteiger partial charge in [0.2, 0.25) is 82.7 Å². The number of esters is 1. The average Bonchev–Trinajstić information content (AvgIpc) is 1.77. The van der Waals surface area contributed by atoms with Gasteiger partial charge in [0.1, 0.15) is 72.6 Å². The number of carboxylic acids is 4. The fourth-order valence-electron chi connectivity index (χ4n) is 10.8. The van der Waals surface area contributed by atoms with Gasteiger partial charge in [-0.2, -0.15) is 0 Å². The third-order valence-corrected chi connectivity index (χ3v) is 17.0. The monoisotopic (exact) mass is 1530 g/mol. The zero-order chi connectivity index (χ0) is 80.9. The molecule has 1 aromatic carbocycles. The number of carboxylic acid groups (broad SMARTS) is 4. The second-order valence-electron chi connectivity index (χ2n) is 25.8. The number of benzene rings is 1. The van der Waals surface area contributed by atoms with Gasteiger partial charge in [-0.25, -0.2) is 4.79 Å². The van der Waals surface area contributed by atoms with Gasteiger partial charge in [0.15, 0.2) is 0 Å². The van der Waals surface area contributed by atoms with Crippen LogP contribution in [0.25, 0.3) is 10.9 Å². The quantitative estimate of drug-likeness (QED) is 0.0229. The maximum atomic E-state index is 14.6. The molecule has 108 heavy (non-hydrogen) atoms. The summed E-state index contributed by atoms with van der Waals surface area (Å²) in [6, 6.07) is -14.4. The van der Waals surface area contributed by atoms with Crippen molar-refractivity contribution in [1.82, 2.24) is 74.1 Å². The molecule has 1 aliphatic rings. The molecule has 1 aliphatic heterocycles. The summed E-state index contributed by atoms with van der Waals surface area (Å²) in [5, 5.41) is 78.5. The molecule has 0 saturated carbocycles. The van der Waals surface area contributed by atoms with E-state index in [-0.39, 0.29) is 38.6 Å². The Hall–Kier alpha value is -11.4. The SMILES string of the molecule is CCCCCCCCCC(=O)NC(Cc1c[nH]c2ccccc12)C(=O)NC(CC(N)=O)C(=O)NC(CC(=O)O)C(=O)NC1C(=O)NCC(=O)NC(CCCN)C(=O)NC(CC(=O)O)C(=O)NC(C)C(=O)NC(CC(=O)O)C(=O)NCC(=O)NC(CO)C(=O)NC(CCC(=O)O)C(=O)NC(C(C)CC)C(=O)OC1C. The number of amides is 14. The topological polar surface area (TPSA) is 659 Å². The third-order valence-electron chi connectivity index (χ3n) is 17.0. The van der Waals surface area contributed by atoms with Crippen LogP contribution in [0.4, 0.5) is 0 Å². The molecule has 2 aromatic rings. The first kappa shape index (κ1) is 90.8. The molecule has 598 valence electrons. The minimum absolute atomic E-state index is 0.00425. The van der Waals surface area contributed by atoms with E-state index in [0.29, 0.717) is 29.3 Å². The van der Waals surface area contributed by atoms with Crippen LogP contribution in [0.2, 0.25) is 0 Å². The molecule has 0 spiro atoms. The first-order valence-corrected chi connectivity index (χ1v) is 35.1. The predicted octanol–water partition coefficient (Wildman–Crippen LogP) is -5.68. The number of hydrogen-bond acceptors (Lipinski definition) is 22. The predicted molar refractivity (Wildman–Crippen MR) is 375 cm³/mol. The molecule has 0 radical (unpaired) electrons. The van der Waals surface area contributed by atoms with E-state index in [4.69, 9.17) is 16.2 Å². The van der Waals surface area contributed by atoms with Crippen molar-refractivity contribution in [2.45, 2.75) is 223 Å². The molecular weight excluding hydrogens is 1430 g/mol. The minimum atomic E-state index is -2.31. The Balaban J connectivity index is 2.18. The number of cyclic esters (lactones) is 1. The average molecular weight is 1530 g/mol. The van der Waals surface area contributed by atoms with Crippen molar-refractivity contribution in [3.05, 3.63) is 36.0 Å². The van der Waals surface area contributed by atoms with Crippen molar-refractivity contribution < 1.29 is 121 Å². The molecule has 1 aromatic heterocycles. The van der Waals surface area contributed by atoms with Crippen LogP contribution in [0.5, 0.6) is 0 Å². The molecule has 0 bridgehead atoms. The molecule has 1 fully saturated rings. The number of rotatable bonds is 34. The van der Waals surface area contributed by atoms with E-state index in [1.165, 1.54) is 13.8 Å². The maximum Gasteiger partial charge on any atom is 0.329 e. The molecule has 13 unspecified atom stereocenters. The number of nitrogens with one attached hydrogen (secondary N) is 14. The number of aliphatic hydroxyl groups excluding tert-OH is 1. The van der Waals surface area contributed by atoms with Crippen LogP contribution in [0.15, 0.2) is 30.5 Å². The van der Waals surface area contributed by atoms with E-state index >= 15 is 0 Å². The molecule has 13 atom stereocenters. The Morgan fingerprint density at radius 3 is 1.67 bits per heavy atom. The summed E-state index contributed by atoms with van der Waals surface area (Å²) < 4.78 is 5.69. The summed E-state index contributed by atoms with van der Waals surface area (Å²) in [4.78, 5) is 259. The lowest BCUT2D eigenvalue weighted by Crippen LogP contribution is -2.62. The summed E-state index contributed by atoms with van der Waals surface area (Å²) >= 11 is 0. The Morgan fingerprint density at radius 1 is 0.556 bits per heavy atom. The largest absolute Gasteiger partial charge is 0.481 e. The summed E-state index contributed by atoms with van der Waals surface area (Å²) in [7, 11) is 0. The number of ether oxygens (including phenoxy) is 1. The smallest absolute Gasteiger partial charge is 0.329 e. The van der Waals surface area contributed by atoms with Crippen LogP contribution >= 0.6 is 0 Å². The van der Waals surface area contributed by atoms with Crippen LogP contribution in [0.1, 0.15) is 149 Å². The first-order chi connectivity index (χ1) is 51.0. The number of H-pyrrole nitrogens is 1. The normalized spacial score (nSPS) is 21.9. The standard InChI is InChI=1S/C67H100N16O25/c1-6-8-9-10-11-12-13-20-48(86)75-41(24-36-29-70-38-18-15-14-17-37(36)38)62(102)79-42(25-47(69)85)63(103)81-45(28-54(95)96)64(104)83-56-35(5)108-67(107)55(33(3)7-2)82-60(100)40(21-22-51(89)90)77-65(105)46(32-84)76-50(88)30-71-58(98)43(26-52(91)92)78-57(97)34(4)73-61(101)44(27-53(93)94)80-59(99)39(19-16-23-68)74-49(87)31-72-66(56)106/h14-15,17-18,29,33-35,39-46,55-56,70,84H,6-13,16,19-28,30-32,68H2,1-5H3,(H2,69,85)(H,71,98)(H,72,106)(H,73,101)(H,74,87)(H,75,86)(H,76,88)(H,77,105)(H,78,97)(H,79,102)(H,80,99)(H,81,103)(H,82,100)(H,83,104)(H,89,90)(H,91,92)(H,93,94)(H,95,96). The van der Waals surface area contributed by atoms with Gasteiger partial charge in [-0.3, -0.25) is 86.3 Å². The van der Waals surface area contributed by atoms with Crippen molar-refractivity contribution in [2.75, 3.05) is 26.2 Å². The lowest BCUT2D eigenvalue weighted by molar-refractivity contribution is -0.157. The number of hydrogen-bond donors (Lipinski definition) is 21. The molecule has 1 saturated heterocycles. The van der Waals surface area contributed by atoms with Crippen LogP contribution in [0, 0.1) is 5.92 Å². The molecule has 2 heterocycles. The van der Waals surface area contributed by atoms with Gasteiger partial charge in [0.25, 0.3) is 0 Å². The van der Waals surface area contributed by atoms with E-state index in [2.05, 4.69) is 65.1 Å². The number of primary amides is 1. The van der Waals surface area contributed by atoms with Gasteiger partial charge in [0.05, 0.1) is 45.4 Å². The number of para-hydroxylation sites is 1. The van der Waals surface area contributed by atoms with Crippen molar-refractivity contribution >= 4 is 123 Å². The highest BCUT2D eigenvalue weighted by Crippen LogP contribution is 2.21. The van der Waals surface area contributed by atoms with Crippen LogP contribution in [0.3, 0.4) is 0 Å².